The summed E-state index contributed by atoms with van der Waals surface area (Å²) in [6, 6.07) is 20.0. The van der Waals surface area contributed by atoms with Crippen molar-refractivity contribution in [3.63, 3.8) is 0 Å². The molecule has 0 saturated heterocycles. The minimum atomic E-state index is -0.356. The SMILES string of the molecule is COc1ccc(Oc2ncc(-c3ccc(C(=O)Nc4ccc(F)cc4)cc3)cn2)cc1. The van der Waals surface area contributed by atoms with E-state index in [1.807, 2.05) is 12.1 Å². The maximum absolute atomic E-state index is 13.0. The van der Waals surface area contributed by atoms with Crippen molar-refractivity contribution in [2.75, 3.05) is 12.4 Å². The van der Waals surface area contributed by atoms with Crippen molar-refractivity contribution in [3.8, 4) is 28.6 Å². The van der Waals surface area contributed by atoms with Gasteiger partial charge in [0.05, 0.1) is 7.11 Å². The van der Waals surface area contributed by atoms with E-state index in [0.29, 0.717) is 17.0 Å². The van der Waals surface area contributed by atoms with Crippen LogP contribution in [0.15, 0.2) is 85.2 Å². The first-order chi connectivity index (χ1) is 15.1. The molecule has 0 aliphatic rings. The molecule has 0 aliphatic heterocycles. The first-order valence-corrected chi connectivity index (χ1v) is 9.42. The van der Waals surface area contributed by atoms with Crippen LogP contribution in [0.5, 0.6) is 17.5 Å². The van der Waals surface area contributed by atoms with E-state index in [1.54, 1.807) is 55.9 Å². The molecule has 6 nitrogen and oxygen atoms in total. The summed E-state index contributed by atoms with van der Waals surface area (Å²) in [5.74, 6) is 0.700. The summed E-state index contributed by atoms with van der Waals surface area (Å²) >= 11 is 0. The van der Waals surface area contributed by atoms with Gasteiger partial charge in [0, 0.05) is 29.2 Å². The van der Waals surface area contributed by atoms with Crippen LogP contribution in [0.25, 0.3) is 11.1 Å². The first-order valence-electron chi connectivity index (χ1n) is 9.42. The number of methoxy groups -OCH3 is 1. The summed E-state index contributed by atoms with van der Waals surface area (Å²) in [7, 11) is 1.60. The van der Waals surface area contributed by atoms with Crippen LogP contribution in [0, 0.1) is 5.82 Å². The number of hydrogen-bond donors (Lipinski definition) is 1. The molecule has 0 bridgehead atoms. The molecule has 0 atom stereocenters. The van der Waals surface area contributed by atoms with Crippen LogP contribution < -0.4 is 14.8 Å². The molecule has 154 valence electrons. The number of aromatic nitrogens is 2. The molecule has 0 spiro atoms. The van der Waals surface area contributed by atoms with Crippen molar-refractivity contribution in [2.24, 2.45) is 0 Å². The van der Waals surface area contributed by atoms with Crippen LogP contribution in [-0.2, 0) is 0 Å². The van der Waals surface area contributed by atoms with Crippen LogP contribution in [-0.4, -0.2) is 23.0 Å². The highest BCUT2D eigenvalue weighted by molar-refractivity contribution is 6.04. The quantitative estimate of drug-likeness (QED) is 0.460. The molecule has 1 heterocycles. The van der Waals surface area contributed by atoms with Gasteiger partial charge >= 0.3 is 6.01 Å². The van der Waals surface area contributed by atoms with E-state index in [4.69, 9.17) is 9.47 Å². The average Bonchev–Trinajstić information content (AvgIpc) is 2.82. The Labute approximate surface area is 178 Å². The lowest BCUT2D eigenvalue weighted by Crippen LogP contribution is -2.11. The van der Waals surface area contributed by atoms with Crippen LogP contribution in [0.2, 0.25) is 0 Å². The molecule has 1 amide bonds. The molecule has 4 rings (SSSR count). The molecule has 0 unspecified atom stereocenters. The van der Waals surface area contributed by atoms with Gasteiger partial charge in [0.2, 0.25) is 0 Å². The van der Waals surface area contributed by atoms with Gasteiger partial charge in [0.25, 0.3) is 5.91 Å². The Balaban J connectivity index is 1.41. The van der Waals surface area contributed by atoms with Gasteiger partial charge in [-0.3, -0.25) is 4.79 Å². The number of carbonyl (C=O) groups excluding carboxylic acids is 1. The number of halogens is 1. The smallest absolute Gasteiger partial charge is 0.321 e. The van der Waals surface area contributed by atoms with Gasteiger partial charge in [0.1, 0.15) is 17.3 Å². The van der Waals surface area contributed by atoms with E-state index in [1.165, 1.54) is 24.3 Å². The third kappa shape index (κ3) is 5.02. The number of rotatable bonds is 6. The van der Waals surface area contributed by atoms with Gasteiger partial charge in [-0.1, -0.05) is 12.1 Å². The molecule has 3 aromatic carbocycles. The van der Waals surface area contributed by atoms with Crippen LogP contribution in [0.3, 0.4) is 0 Å². The lowest BCUT2D eigenvalue weighted by Gasteiger charge is -2.07. The Morgan fingerprint density at radius 1 is 0.806 bits per heavy atom. The van der Waals surface area contributed by atoms with Crippen molar-refractivity contribution in [1.29, 1.82) is 0 Å². The van der Waals surface area contributed by atoms with Crippen molar-refractivity contribution in [1.82, 2.24) is 9.97 Å². The Bertz CT molecular complexity index is 1160. The topological polar surface area (TPSA) is 73.3 Å². The van der Waals surface area contributed by atoms with Crippen LogP contribution in [0.4, 0.5) is 10.1 Å². The normalized spacial score (nSPS) is 10.4. The lowest BCUT2D eigenvalue weighted by molar-refractivity contribution is 0.102. The summed E-state index contributed by atoms with van der Waals surface area (Å²) in [6.07, 6.45) is 3.30. The second-order valence-electron chi connectivity index (χ2n) is 6.57. The lowest BCUT2D eigenvalue weighted by atomic mass is 10.1. The fraction of sp³-hybridized carbons (Fsp3) is 0.0417. The zero-order chi connectivity index (χ0) is 21.6. The van der Waals surface area contributed by atoms with E-state index in [2.05, 4.69) is 15.3 Å². The maximum atomic E-state index is 13.0. The van der Waals surface area contributed by atoms with Crippen molar-refractivity contribution in [2.45, 2.75) is 0 Å². The van der Waals surface area contributed by atoms with Gasteiger partial charge in [-0.15, -0.1) is 0 Å². The van der Waals surface area contributed by atoms with E-state index in [0.717, 1.165) is 16.9 Å². The Hall–Kier alpha value is -4.26. The van der Waals surface area contributed by atoms with Crippen molar-refractivity contribution >= 4 is 11.6 Å². The summed E-state index contributed by atoms with van der Waals surface area (Å²) in [5, 5.41) is 2.73. The van der Waals surface area contributed by atoms with Gasteiger partial charge < -0.3 is 14.8 Å². The predicted molar refractivity (Wildman–Crippen MR) is 115 cm³/mol. The van der Waals surface area contributed by atoms with Crippen LogP contribution >= 0.6 is 0 Å². The minimum absolute atomic E-state index is 0.226. The number of nitrogens with one attached hydrogen (secondary N) is 1. The highest BCUT2D eigenvalue weighted by Crippen LogP contribution is 2.23. The molecular formula is C24H18FN3O3. The number of benzene rings is 3. The highest BCUT2D eigenvalue weighted by Gasteiger charge is 2.08. The summed E-state index contributed by atoms with van der Waals surface area (Å²) in [5.41, 5.74) is 2.65. The average molecular weight is 415 g/mol. The molecule has 0 radical (unpaired) electrons. The molecule has 0 aliphatic carbocycles. The fourth-order valence-electron chi connectivity index (χ4n) is 2.82. The highest BCUT2D eigenvalue weighted by atomic mass is 19.1. The second kappa shape index (κ2) is 9.04. The summed E-state index contributed by atoms with van der Waals surface area (Å²) < 4.78 is 23.7. The molecule has 1 N–H and O–H groups in total. The Morgan fingerprint density at radius 2 is 1.42 bits per heavy atom. The number of carbonyl (C=O) groups is 1. The largest absolute Gasteiger partial charge is 0.497 e. The number of hydrogen-bond acceptors (Lipinski definition) is 5. The van der Waals surface area contributed by atoms with Crippen molar-refractivity contribution < 1.29 is 18.7 Å². The van der Waals surface area contributed by atoms with Gasteiger partial charge in [-0.2, -0.15) is 0 Å². The second-order valence-corrected chi connectivity index (χ2v) is 6.57. The van der Waals surface area contributed by atoms with Gasteiger partial charge in [-0.05, 0) is 66.2 Å². The fourth-order valence-corrected chi connectivity index (χ4v) is 2.82. The monoisotopic (exact) mass is 415 g/mol. The van der Waals surface area contributed by atoms with Gasteiger partial charge in [-0.25, -0.2) is 14.4 Å². The molecule has 31 heavy (non-hydrogen) atoms. The van der Waals surface area contributed by atoms with E-state index >= 15 is 0 Å². The Kier molecular flexibility index (Phi) is 5.84. The molecular weight excluding hydrogens is 397 g/mol. The summed E-state index contributed by atoms with van der Waals surface area (Å²) in [4.78, 5) is 20.8. The van der Waals surface area contributed by atoms with E-state index in [9.17, 15) is 9.18 Å². The summed E-state index contributed by atoms with van der Waals surface area (Å²) in [6.45, 7) is 0. The molecule has 7 heteroatoms. The number of ether oxygens (including phenoxy) is 2. The molecule has 1 aromatic heterocycles. The third-order valence-corrected chi connectivity index (χ3v) is 4.48. The molecule has 4 aromatic rings. The number of amides is 1. The van der Waals surface area contributed by atoms with Crippen LogP contribution in [0.1, 0.15) is 10.4 Å². The standard InChI is InChI=1S/C24H18FN3O3/c1-30-21-10-12-22(13-11-21)31-24-26-14-18(15-27-24)16-2-4-17(5-3-16)23(29)28-20-8-6-19(25)7-9-20/h2-15H,1H3,(H,28,29). The predicted octanol–water partition coefficient (Wildman–Crippen LogP) is 5.34. The third-order valence-electron chi connectivity index (χ3n) is 4.48. The molecule has 0 fully saturated rings. The maximum Gasteiger partial charge on any atom is 0.321 e. The molecule has 0 saturated carbocycles. The Morgan fingerprint density at radius 3 is 2.03 bits per heavy atom. The minimum Gasteiger partial charge on any atom is -0.497 e. The van der Waals surface area contributed by atoms with E-state index in [-0.39, 0.29) is 17.7 Å². The first kappa shape index (κ1) is 20.0. The zero-order valence-electron chi connectivity index (χ0n) is 16.6. The van der Waals surface area contributed by atoms with Gasteiger partial charge in [0.15, 0.2) is 0 Å². The van der Waals surface area contributed by atoms with E-state index < -0.39 is 0 Å². The zero-order valence-corrected chi connectivity index (χ0v) is 16.6. The van der Waals surface area contributed by atoms with Crippen molar-refractivity contribution in [3.05, 3.63) is 96.6 Å². The number of anilines is 1. The number of nitrogens with zero attached hydrogens (tertiary/aromatic N) is 2.